The van der Waals surface area contributed by atoms with Gasteiger partial charge in [-0.25, -0.2) is 0 Å². The fourth-order valence-corrected chi connectivity index (χ4v) is 4.07. The Morgan fingerprint density at radius 3 is 2.87 bits per heavy atom. The minimum atomic E-state index is 0.146. The van der Waals surface area contributed by atoms with Crippen molar-refractivity contribution in [2.45, 2.75) is 18.9 Å². The Morgan fingerprint density at radius 1 is 1.39 bits per heavy atom. The van der Waals surface area contributed by atoms with Gasteiger partial charge in [-0.2, -0.15) is 16.9 Å². The van der Waals surface area contributed by atoms with Crippen molar-refractivity contribution in [1.82, 2.24) is 14.7 Å². The summed E-state index contributed by atoms with van der Waals surface area (Å²) < 4.78 is 1.77. The smallest absolute Gasteiger partial charge is 0.223 e. The first kappa shape index (κ1) is 16.4. The molecule has 1 aliphatic heterocycles. The highest BCUT2D eigenvalue weighted by molar-refractivity contribution is 7.99. The lowest BCUT2D eigenvalue weighted by Gasteiger charge is -2.36. The largest absolute Gasteiger partial charge is 0.334 e. The van der Waals surface area contributed by atoms with Crippen LogP contribution < -0.4 is 0 Å². The molecule has 122 valence electrons. The molecule has 0 aliphatic carbocycles. The summed E-state index contributed by atoms with van der Waals surface area (Å²) in [6.45, 7) is 0.809. The van der Waals surface area contributed by atoms with Gasteiger partial charge in [0.15, 0.2) is 0 Å². The van der Waals surface area contributed by atoms with Crippen LogP contribution >= 0.6 is 23.4 Å². The average molecular weight is 350 g/mol. The summed E-state index contributed by atoms with van der Waals surface area (Å²) in [6, 6.07) is 8.00. The molecule has 0 saturated carbocycles. The molecule has 0 spiro atoms. The topological polar surface area (TPSA) is 38.1 Å². The van der Waals surface area contributed by atoms with Gasteiger partial charge in [0.05, 0.1) is 12.2 Å². The Hall–Kier alpha value is -1.46. The quantitative estimate of drug-likeness (QED) is 0.849. The highest BCUT2D eigenvalue weighted by Gasteiger charge is 2.27. The average Bonchev–Trinajstić information content (AvgIpc) is 2.99. The monoisotopic (exact) mass is 349 g/mol. The first-order valence-corrected chi connectivity index (χ1v) is 9.27. The number of carbonyl (C=O) groups is 1. The van der Waals surface area contributed by atoms with Crippen LogP contribution in [0.3, 0.4) is 0 Å². The fourth-order valence-electron chi connectivity index (χ4n) is 2.86. The molecule has 1 unspecified atom stereocenters. The molecule has 1 atom stereocenters. The maximum Gasteiger partial charge on any atom is 0.223 e. The number of hydrogen-bond donors (Lipinski definition) is 0. The maximum absolute atomic E-state index is 12.7. The molecule has 2 aromatic rings. The van der Waals surface area contributed by atoms with Gasteiger partial charge in [0.25, 0.3) is 0 Å². The normalized spacial score (nSPS) is 18.2. The van der Waals surface area contributed by atoms with Gasteiger partial charge in [-0.15, -0.1) is 0 Å². The van der Waals surface area contributed by atoms with E-state index in [1.54, 1.807) is 4.68 Å². The van der Waals surface area contributed by atoms with E-state index in [-0.39, 0.29) is 11.9 Å². The third-order valence-corrected chi connectivity index (χ3v) is 5.36. The molecular weight excluding hydrogens is 330 g/mol. The minimum Gasteiger partial charge on any atom is -0.334 e. The van der Waals surface area contributed by atoms with Crippen LogP contribution in [-0.4, -0.2) is 38.6 Å². The second-order valence-corrected chi connectivity index (χ2v) is 7.34. The molecule has 3 rings (SSSR count). The van der Waals surface area contributed by atoms with Gasteiger partial charge in [0, 0.05) is 42.7 Å². The molecule has 1 aliphatic rings. The molecule has 1 saturated heterocycles. The van der Waals surface area contributed by atoms with Gasteiger partial charge in [0.2, 0.25) is 5.91 Å². The molecule has 1 aromatic heterocycles. The number of carbonyl (C=O) groups excluding carboxylic acids is 1. The van der Waals surface area contributed by atoms with E-state index < -0.39 is 0 Å². The van der Waals surface area contributed by atoms with Crippen molar-refractivity contribution in [3.05, 3.63) is 52.8 Å². The van der Waals surface area contributed by atoms with E-state index in [2.05, 4.69) is 5.10 Å². The van der Waals surface area contributed by atoms with E-state index in [0.29, 0.717) is 6.42 Å². The zero-order valence-corrected chi connectivity index (χ0v) is 14.7. The third-order valence-electron chi connectivity index (χ3n) is 4.09. The van der Waals surface area contributed by atoms with E-state index in [0.717, 1.165) is 40.6 Å². The Bertz CT molecular complexity index is 671. The fraction of sp³-hybridized carbons (Fsp3) is 0.412. The molecule has 1 aromatic carbocycles. The molecule has 1 amide bonds. The van der Waals surface area contributed by atoms with Crippen LogP contribution in [0.25, 0.3) is 0 Å². The third kappa shape index (κ3) is 4.09. The lowest BCUT2D eigenvalue weighted by atomic mass is 10.1. The molecule has 1 fully saturated rings. The molecule has 2 heterocycles. The molecule has 0 bridgehead atoms. The van der Waals surface area contributed by atoms with Crippen molar-refractivity contribution in [2.75, 3.05) is 18.1 Å². The van der Waals surface area contributed by atoms with Crippen molar-refractivity contribution in [1.29, 1.82) is 0 Å². The summed E-state index contributed by atoms with van der Waals surface area (Å²) in [5, 5.41) is 4.88. The number of nitrogens with zero attached hydrogens (tertiary/aromatic N) is 3. The second-order valence-electron chi connectivity index (χ2n) is 5.75. The van der Waals surface area contributed by atoms with E-state index in [4.69, 9.17) is 11.6 Å². The van der Waals surface area contributed by atoms with Crippen LogP contribution in [0.15, 0.2) is 36.7 Å². The Kier molecular flexibility index (Phi) is 5.28. The number of aromatic nitrogens is 2. The summed E-state index contributed by atoms with van der Waals surface area (Å²) in [7, 11) is 1.89. The number of amides is 1. The molecule has 0 radical (unpaired) electrons. The molecule has 23 heavy (non-hydrogen) atoms. The number of rotatable bonds is 4. The van der Waals surface area contributed by atoms with Crippen molar-refractivity contribution < 1.29 is 4.79 Å². The summed E-state index contributed by atoms with van der Waals surface area (Å²) in [6.07, 6.45) is 5.07. The van der Waals surface area contributed by atoms with E-state index in [1.807, 2.05) is 60.4 Å². The standard InChI is InChI=1S/C17H20ClN3OS/c1-20-11-13(10-19-20)2-7-17(22)21-8-9-23-12-16(21)14-3-5-15(18)6-4-14/h3-6,10-11,16H,2,7-9,12H2,1H3. The van der Waals surface area contributed by atoms with Crippen LogP contribution in [0.2, 0.25) is 5.02 Å². The maximum atomic E-state index is 12.7. The lowest BCUT2D eigenvalue weighted by Crippen LogP contribution is -2.40. The van der Waals surface area contributed by atoms with Crippen LogP contribution in [0.1, 0.15) is 23.6 Å². The predicted molar refractivity (Wildman–Crippen MR) is 94.8 cm³/mol. The number of hydrogen-bond acceptors (Lipinski definition) is 3. The second kappa shape index (κ2) is 7.41. The number of aryl methyl sites for hydroxylation is 2. The van der Waals surface area contributed by atoms with Gasteiger partial charge < -0.3 is 4.90 Å². The predicted octanol–water partition coefficient (Wildman–Crippen LogP) is 3.32. The zero-order valence-electron chi connectivity index (χ0n) is 13.1. The molecular formula is C17H20ClN3OS. The van der Waals surface area contributed by atoms with Gasteiger partial charge in [0.1, 0.15) is 0 Å². The van der Waals surface area contributed by atoms with Crippen molar-refractivity contribution in [2.24, 2.45) is 7.05 Å². The first-order chi connectivity index (χ1) is 11.1. The Labute approximate surface area is 145 Å². The molecule has 6 heteroatoms. The number of thioether (sulfide) groups is 1. The highest BCUT2D eigenvalue weighted by atomic mass is 35.5. The summed E-state index contributed by atoms with van der Waals surface area (Å²) in [4.78, 5) is 14.7. The summed E-state index contributed by atoms with van der Waals surface area (Å²) >= 11 is 7.88. The van der Waals surface area contributed by atoms with E-state index in [9.17, 15) is 4.79 Å². The van der Waals surface area contributed by atoms with Crippen molar-refractivity contribution in [3.8, 4) is 0 Å². The number of benzene rings is 1. The molecule has 4 nitrogen and oxygen atoms in total. The van der Waals surface area contributed by atoms with Crippen LogP contribution in [0.5, 0.6) is 0 Å². The lowest BCUT2D eigenvalue weighted by molar-refractivity contribution is -0.133. The number of halogens is 1. The Morgan fingerprint density at radius 2 is 2.17 bits per heavy atom. The molecule has 0 N–H and O–H groups in total. The van der Waals surface area contributed by atoms with E-state index >= 15 is 0 Å². The minimum absolute atomic E-state index is 0.146. The van der Waals surface area contributed by atoms with Crippen LogP contribution in [-0.2, 0) is 18.3 Å². The van der Waals surface area contributed by atoms with Crippen LogP contribution in [0.4, 0.5) is 0 Å². The Balaban J connectivity index is 1.67. The van der Waals surface area contributed by atoms with Crippen molar-refractivity contribution in [3.63, 3.8) is 0 Å². The van der Waals surface area contributed by atoms with E-state index in [1.165, 1.54) is 0 Å². The summed E-state index contributed by atoms with van der Waals surface area (Å²) in [5.41, 5.74) is 2.27. The van der Waals surface area contributed by atoms with Gasteiger partial charge in [-0.05, 0) is 29.7 Å². The van der Waals surface area contributed by atoms with Crippen LogP contribution in [0, 0.1) is 0 Å². The highest BCUT2D eigenvalue weighted by Crippen LogP contribution is 2.30. The zero-order chi connectivity index (χ0) is 16.2. The van der Waals surface area contributed by atoms with Gasteiger partial charge in [-0.1, -0.05) is 23.7 Å². The van der Waals surface area contributed by atoms with Gasteiger partial charge in [-0.3, -0.25) is 9.48 Å². The van der Waals surface area contributed by atoms with Crippen molar-refractivity contribution >= 4 is 29.3 Å². The summed E-state index contributed by atoms with van der Waals surface area (Å²) in [5.74, 6) is 2.16. The first-order valence-electron chi connectivity index (χ1n) is 7.73. The SMILES string of the molecule is Cn1cc(CCC(=O)N2CCSCC2c2ccc(Cl)cc2)cn1. The van der Waals surface area contributed by atoms with Gasteiger partial charge >= 0.3 is 0 Å².